The highest BCUT2D eigenvalue weighted by atomic mass is 16.6. The van der Waals surface area contributed by atoms with Gasteiger partial charge in [-0.05, 0) is 37.8 Å². The summed E-state index contributed by atoms with van der Waals surface area (Å²) < 4.78 is 11.7. The quantitative estimate of drug-likeness (QED) is 0.731. The standard InChI is InChI=1S/C23H29N5O3/c1-26(2)21-13-22(25-15-24-21)28(16-7-8-16)17-9-11-27(12-10-17)23(29)20-14-30-18-5-3-4-6-19(18)31-20/h3-6,13,15-17,20H,7-12,14H2,1-2H3. The molecule has 1 atom stereocenters. The van der Waals surface area contributed by atoms with Crippen LogP contribution in [0.4, 0.5) is 11.6 Å². The van der Waals surface area contributed by atoms with Crippen molar-refractivity contribution in [1.29, 1.82) is 0 Å². The van der Waals surface area contributed by atoms with Crippen molar-refractivity contribution >= 4 is 17.5 Å². The Morgan fingerprint density at radius 1 is 1.00 bits per heavy atom. The van der Waals surface area contributed by atoms with E-state index in [4.69, 9.17) is 9.47 Å². The topological polar surface area (TPSA) is 71.0 Å². The molecule has 5 rings (SSSR count). The van der Waals surface area contributed by atoms with Crippen LogP contribution in [0.2, 0.25) is 0 Å². The summed E-state index contributed by atoms with van der Waals surface area (Å²) in [6.07, 6.45) is 5.33. The second-order valence-corrected chi connectivity index (χ2v) is 8.69. The zero-order chi connectivity index (χ0) is 21.4. The van der Waals surface area contributed by atoms with Gasteiger partial charge in [0.15, 0.2) is 11.5 Å². The molecule has 0 bridgehead atoms. The van der Waals surface area contributed by atoms with Gasteiger partial charge < -0.3 is 24.2 Å². The van der Waals surface area contributed by atoms with Gasteiger partial charge in [0, 0.05) is 45.3 Å². The molecule has 3 heterocycles. The normalized spacial score (nSPS) is 21.0. The molecule has 1 aromatic carbocycles. The van der Waals surface area contributed by atoms with Gasteiger partial charge >= 0.3 is 0 Å². The van der Waals surface area contributed by atoms with Crippen LogP contribution in [0.5, 0.6) is 11.5 Å². The largest absolute Gasteiger partial charge is 0.485 e. The van der Waals surface area contributed by atoms with Crippen LogP contribution in [0.15, 0.2) is 36.7 Å². The number of amides is 1. The highest BCUT2D eigenvalue weighted by Crippen LogP contribution is 2.36. The van der Waals surface area contributed by atoms with Crippen LogP contribution < -0.4 is 19.3 Å². The number of hydrogen-bond acceptors (Lipinski definition) is 7. The second-order valence-electron chi connectivity index (χ2n) is 8.69. The van der Waals surface area contributed by atoms with Crippen molar-refractivity contribution in [3.05, 3.63) is 36.7 Å². The number of para-hydroxylation sites is 2. The number of rotatable bonds is 5. The predicted molar refractivity (Wildman–Crippen MR) is 118 cm³/mol. The number of anilines is 2. The molecule has 1 aliphatic carbocycles. The lowest BCUT2D eigenvalue weighted by molar-refractivity contribution is -0.142. The first-order valence-electron chi connectivity index (χ1n) is 11.0. The fraction of sp³-hybridized carbons (Fsp3) is 0.522. The van der Waals surface area contributed by atoms with Crippen molar-refractivity contribution < 1.29 is 14.3 Å². The Morgan fingerprint density at radius 2 is 1.68 bits per heavy atom. The molecule has 1 aromatic heterocycles. The van der Waals surface area contributed by atoms with Crippen LogP contribution in [0.3, 0.4) is 0 Å². The van der Waals surface area contributed by atoms with E-state index >= 15 is 0 Å². The summed E-state index contributed by atoms with van der Waals surface area (Å²) in [6, 6.07) is 10.5. The van der Waals surface area contributed by atoms with E-state index in [1.807, 2.05) is 48.2 Å². The Hall–Kier alpha value is -3.03. The Labute approximate surface area is 182 Å². The maximum atomic E-state index is 13.1. The first-order valence-corrected chi connectivity index (χ1v) is 11.0. The van der Waals surface area contributed by atoms with E-state index in [2.05, 4.69) is 20.9 Å². The van der Waals surface area contributed by atoms with Crippen molar-refractivity contribution in [2.45, 2.75) is 43.9 Å². The Balaban J connectivity index is 1.23. The molecule has 0 spiro atoms. The molecule has 1 saturated carbocycles. The van der Waals surface area contributed by atoms with E-state index in [1.165, 1.54) is 12.8 Å². The van der Waals surface area contributed by atoms with Gasteiger partial charge in [0.05, 0.1) is 0 Å². The highest BCUT2D eigenvalue weighted by molar-refractivity contribution is 5.82. The molecule has 2 aliphatic heterocycles. The van der Waals surface area contributed by atoms with Crippen LogP contribution in [-0.2, 0) is 4.79 Å². The average molecular weight is 424 g/mol. The summed E-state index contributed by atoms with van der Waals surface area (Å²) in [5.41, 5.74) is 0. The van der Waals surface area contributed by atoms with Gasteiger partial charge in [-0.15, -0.1) is 0 Å². The molecule has 3 aliphatic rings. The number of piperidine rings is 1. The van der Waals surface area contributed by atoms with Gasteiger partial charge in [-0.25, -0.2) is 9.97 Å². The summed E-state index contributed by atoms with van der Waals surface area (Å²) in [5.74, 6) is 3.27. The summed E-state index contributed by atoms with van der Waals surface area (Å²) in [6.45, 7) is 1.71. The Kier molecular flexibility index (Phi) is 5.29. The number of nitrogens with zero attached hydrogens (tertiary/aromatic N) is 5. The molecule has 1 amide bonds. The minimum absolute atomic E-state index is 0.0165. The first-order chi connectivity index (χ1) is 15.1. The van der Waals surface area contributed by atoms with Gasteiger partial charge in [0.2, 0.25) is 6.10 Å². The summed E-state index contributed by atoms with van der Waals surface area (Å²) in [4.78, 5) is 28.4. The molecule has 31 heavy (non-hydrogen) atoms. The molecule has 2 aromatic rings. The van der Waals surface area contributed by atoms with Crippen molar-refractivity contribution in [3.8, 4) is 11.5 Å². The number of likely N-dealkylation sites (tertiary alicyclic amines) is 1. The maximum Gasteiger partial charge on any atom is 0.267 e. The van der Waals surface area contributed by atoms with Crippen LogP contribution >= 0.6 is 0 Å². The van der Waals surface area contributed by atoms with E-state index in [1.54, 1.807) is 6.33 Å². The van der Waals surface area contributed by atoms with Gasteiger partial charge in [-0.2, -0.15) is 0 Å². The Morgan fingerprint density at radius 3 is 2.39 bits per heavy atom. The monoisotopic (exact) mass is 423 g/mol. The minimum Gasteiger partial charge on any atom is -0.485 e. The van der Waals surface area contributed by atoms with Crippen molar-refractivity contribution in [2.75, 3.05) is 43.6 Å². The fourth-order valence-electron chi connectivity index (χ4n) is 4.46. The van der Waals surface area contributed by atoms with E-state index in [9.17, 15) is 4.79 Å². The molecule has 8 nitrogen and oxygen atoms in total. The SMILES string of the molecule is CN(C)c1cc(N(C2CC2)C2CCN(C(=O)C3COc4ccccc4O3)CC2)ncn1. The molecule has 8 heteroatoms. The zero-order valence-electron chi connectivity index (χ0n) is 18.1. The molecule has 1 saturated heterocycles. The van der Waals surface area contributed by atoms with Gasteiger partial charge in [-0.3, -0.25) is 4.79 Å². The molecular weight excluding hydrogens is 394 g/mol. The van der Waals surface area contributed by atoms with Crippen molar-refractivity contribution in [3.63, 3.8) is 0 Å². The van der Waals surface area contributed by atoms with Crippen LogP contribution in [-0.4, -0.2) is 72.8 Å². The van der Waals surface area contributed by atoms with E-state index in [-0.39, 0.29) is 12.5 Å². The lowest BCUT2D eigenvalue weighted by atomic mass is 10.0. The number of carbonyl (C=O) groups excluding carboxylic acids is 1. The third kappa shape index (κ3) is 4.11. The minimum atomic E-state index is -0.574. The first kappa shape index (κ1) is 19.9. The smallest absolute Gasteiger partial charge is 0.267 e. The molecule has 0 radical (unpaired) electrons. The molecular formula is C23H29N5O3. The lowest BCUT2D eigenvalue weighted by Gasteiger charge is -2.40. The number of carbonyl (C=O) groups is 1. The van der Waals surface area contributed by atoms with Gasteiger partial charge in [0.1, 0.15) is 24.6 Å². The highest BCUT2D eigenvalue weighted by Gasteiger charge is 2.39. The van der Waals surface area contributed by atoms with Crippen LogP contribution in [0.25, 0.3) is 0 Å². The van der Waals surface area contributed by atoms with E-state index in [0.29, 0.717) is 23.6 Å². The predicted octanol–water partition coefficient (Wildman–Crippen LogP) is 2.34. The summed E-state index contributed by atoms with van der Waals surface area (Å²) in [5, 5.41) is 0. The van der Waals surface area contributed by atoms with E-state index < -0.39 is 6.10 Å². The van der Waals surface area contributed by atoms with Gasteiger partial charge in [0.25, 0.3) is 5.91 Å². The van der Waals surface area contributed by atoms with E-state index in [0.717, 1.165) is 37.6 Å². The number of ether oxygens (including phenoxy) is 2. The molecule has 164 valence electrons. The van der Waals surface area contributed by atoms with Crippen LogP contribution in [0, 0.1) is 0 Å². The fourth-order valence-corrected chi connectivity index (χ4v) is 4.46. The van der Waals surface area contributed by atoms with Crippen molar-refractivity contribution in [2.24, 2.45) is 0 Å². The maximum absolute atomic E-state index is 13.1. The third-order valence-electron chi connectivity index (χ3n) is 6.25. The molecule has 0 N–H and O–H groups in total. The number of hydrogen-bond donors (Lipinski definition) is 0. The number of fused-ring (bicyclic) bond motifs is 1. The summed E-state index contributed by atoms with van der Waals surface area (Å²) in [7, 11) is 3.99. The third-order valence-corrected chi connectivity index (χ3v) is 6.25. The summed E-state index contributed by atoms with van der Waals surface area (Å²) >= 11 is 0. The number of benzene rings is 1. The Bertz CT molecular complexity index is 940. The number of aromatic nitrogens is 2. The molecule has 2 fully saturated rings. The van der Waals surface area contributed by atoms with Crippen molar-refractivity contribution in [1.82, 2.24) is 14.9 Å². The average Bonchev–Trinajstić information content (AvgIpc) is 3.64. The van der Waals surface area contributed by atoms with Gasteiger partial charge in [-0.1, -0.05) is 12.1 Å². The molecule has 1 unspecified atom stereocenters. The van der Waals surface area contributed by atoms with Crippen LogP contribution in [0.1, 0.15) is 25.7 Å². The zero-order valence-corrected chi connectivity index (χ0v) is 18.1. The second kappa shape index (κ2) is 8.24. The lowest BCUT2D eigenvalue weighted by Crippen LogP contribution is -2.52.